The molecule has 5 heteroatoms. The molecule has 0 saturated heterocycles. The lowest BCUT2D eigenvalue weighted by atomic mass is 10.1. The Morgan fingerprint density at radius 3 is 2.62 bits per heavy atom. The van der Waals surface area contributed by atoms with Crippen LogP contribution in [0, 0.1) is 6.92 Å². The third kappa shape index (κ3) is 3.20. The second-order valence-electron chi connectivity index (χ2n) is 5.57. The summed E-state index contributed by atoms with van der Waals surface area (Å²) < 4.78 is 6.79. The molecule has 0 unspecified atom stereocenters. The topological polar surface area (TPSA) is 60.7 Å². The van der Waals surface area contributed by atoms with Gasteiger partial charge in [0.05, 0.1) is 11.3 Å². The quantitative estimate of drug-likeness (QED) is 0.693. The first-order valence-electron chi connectivity index (χ1n) is 7.83. The highest BCUT2D eigenvalue weighted by atomic mass is 16.5. The minimum absolute atomic E-state index is 0.0337. The third-order valence-electron chi connectivity index (χ3n) is 3.88. The number of esters is 1. The number of fused-ring (bicyclic) bond motifs is 1. The number of hydrogen-bond acceptors (Lipinski definition) is 4. The summed E-state index contributed by atoms with van der Waals surface area (Å²) in [5.41, 5.74) is 3.25. The van der Waals surface area contributed by atoms with Gasteiger partial charge in [0, 0.05) is 11.8 Å². The highest BCUT2D eigenvalue weighted by Crippen LogP contribution is 2.09. The number of ether oxygens (including phenoxy) is 1. The first kappa shape index (κ1) is 15.9. The van der Waals surface area contributed by atoms with Crippen LogP contribution in [0.5, 0.6) is 0 Å². The van der Waals surface area contributed by atoms with E-state index in [9.17, 15) is 9.59 Å². The lowest BCUT2D eigenvalue weighted by Crippen LogP contribution is -2.18. The lowest BCUT2D eigenvalue weighted by Gasteiger charge is -2.08. The zero-order valence-electron chi connectivity index (χ0n) is 13.7. The maximum Gasteiger partial charge on any atom is 0.338 e. The predicted molar refractivity (Wildman–Crippen MR) is 91.1 cm³/mol. The number of aryl methyl sites for hydroxylation is 2. The van der Waals surface area contributed by atoms with Gasteiger partial charge in [-0.2, -0.15) is 0 Å². The van der Waals surface area contributed by atoms with Crippen molar-refractivity contribution in [2.45, 2.75) is 26.9 Å². The van der Waals surface area contributed by atoms with E-state index in [1.165, 1.54) is 10.5 Å². The Labute approximate surface area is 139 Å². The van der Waals surface area contributed by atoms with Gasteiger partial charge in [-0.05, 0) is 43.2 Å². The van der Waals surface area contributed by atoms with Gasteiger partial charge in [-0.25, -0.2) is 9.78 Å². The van der Waals surface area contributed by atoms with E-state index in [0.29, 0.717) is 16.9 Å². The summed E-state index contributed by atoms with van der Waals surface area (Å²) in [6.07, 6.45) is 0.916. The Hall–Kier alpha value is -2.95. The van der Waals surface area contributed by atoms with Gasteiger partial charge in [-0.15, -0.1) is 0 Å². The molecular formula is C19H18N2O3. The fourth-order valence-corrected chi connectivity index (χ4v) is 2.54. The summed E-state index contributed by atoms with van der Waals surface area (Å²) in [7, 11) is 0. The van der Waals surface area contributed by atoms with Crippen molar-refractivity contribution in [2.24, 2.45) is 0 Å². The first-order chi connectivity index (χ1) is 11.6. The van der Waals surface area contributed by atoms with Crippen LogP contribution < -0.4 is 5.56 Å². The van der Waals surface area contributed by atoms with Gasteiger partial charge in [0.1, 0.15) is 12.3 Å². The second-order valence-corrected chi connectivity index (χ2v) is 5.57. The Kier molecular flexibility index (Phi) is 4.42. The van der Waals surface area contributed by atoms with Crippen molar-refractivity contribution < 1.29 is 9.53 Å². The molecule has 0 fully saturated rings. The molecule has 2 aromatic heterocycles. The fraction of sp³-hybridized carbons (Fsp3) is 0.211. The summed E-state index contributed by atoms with van der Waals surface area (Å²) in [5.74, 6) is -0.427. The Morgan fingerprint density at radius 1 is 1.17 bits per heavy atom. The summed E-state index contributed by atoms with van der Waals surface area (Å²) in [6, 6.07) is 14.1. The van der Waals surface area contributed by atoms with Gasteiger partial charge < -0.3 is 4.74 Å². The monoisotopic (exact) mass is 322 g/mol. The van der Waals surface area contributed by atoms with Crippen molar-refractivity contribution in [3.8, 4) is 0 Å². The van der Waals surface area contributed by atoms with Crippen molar-refractivity contribution in [2.75, 3.05) is 0 Å². The number of rotatable bonds is 4. The molecule has 3 rings (SSSR count). The molecule has 24 heavy (non-hydrogen) atoms. The van der Waals surface area contributed by atoms with E-state index < -0.39 is 5.97 Å². The summed E-state index contributed by atoms with van der Waals surface area (Å²) in [5, 5.41) is 0. The smallest absolute Gasteiger partial charge is 0.338 e. The van der Waals surface area contributed by atoms with Crippen LogP contribution in [0.4, 0.5) is 0 Å². The zero-order valence-corrected chi connectivity index (χ0v) is 13.7. The summed E-state index contributed by atoms with van der Waals surface area (Å²) in [6.45, 7) is 3.86. The molecule has 0 aliphatic carbocycles. The van der Waals surface area contributed by atoms with Gasteiger partial charge in [0.25, 0.3) is 5.56 Å². The van der Waals surface area contributed by atoms with E-state index >= 15 is 0 Å². The van der Waals surface area contributed by atoms with Crippen LogP contribution in [0.15, 0.2) is 53.3 Å². The van der Waals surface area contributed by atoms with Crippen LogP contribution in [-0.2, 0) is 17.8 Å². The third-order valence-corrected chi connectivity index (χ3v) is 3.88. The van der Waals surface area contributed by atoms with Crippen LogP contribution in [0.2, 0.25) is 0 Å². The van der Waals surface area contributed by atoms with Crippen molar-refractivity contribution >= 4 is 11.6 Å². The average Bonchev–Trinajstić information content (AvgIpc) is 2.59. The molecule has 0 spiro atoms. The molecule has 3 aromatic rings. The van der Waals surface area contributed by atoms with Crippen molar-refractivity contribution in [3.05, 3.63) is 81.4 Å². The van der Waals surface area contributed by atoms with Gasteiger partial charge in [-0.3, -0.25) is 9.20 Å². The summed E-state index contributed by atoms with van der Waals surface area (Å²) >= 11 is 0. The lowest BCUT2D eigenvalue weighted by molar-refractivity contribution is 0.0467. The predicted octanol–water partition coefficient (Wildman–Crippen LogP) is 2.92. The molecule has 2 heterocycles. The number of nitrogens with zero attached hydrogens (tertiary/aromatic N) is 2. The number of hydrogen-bond donors (Lipinski definition) is 0. The molecule has 0 saturated carbocycles. The van der Waals surface area contributed by atoms with Crippen molar-refractivity contribution in [1.82, 2.24) is 9.38 Å². The van der Waals surface area contributed by atoms with Crippen LogP contribution in [-0.4, -0.2) is 15.4 Å². The molecule has 0 N–H and O–H groups in total. The van der Waals surface area contributed by atoms with E-state index in [4.69, 9.17) is 4.74 Å². The highest BCUT2D eigenvalue weighted by molar-refractivity contribution is 5.89. The van der Waals surface area contributed by atoms with Crippen LogP contribution >= 0.6 is 0 Å². The maximum atomic E-state index is 12.2. The number of carbonyl (C=O) groups excluding carboxylic acids is 1. The van der Waals surface area contributed by atoms with E-state index in [1.807, 2.05) is 31.2 Å². The molecule has 122 valence electrons. The molecular weight excluding hydrogens is 304 g/mol. The Balaban J connectivity index is 1.77. The fourth-order valence-electron chi connectivity index (χ4n) is 2.54. The molecule has 0 aliphatic rings. The SMILES string of the molecule is CCc1ccc(C(=O)OCc2cc(=O)n3c(C)cccc3n2)cc1. The highest BCUT2D eigenvalue weighted by Gasteiger charge is 2.09. The molecule has 0 aliphatic heterocycles. The minimum Gasteiger partial charge on any atom is -0.456 e. The van der Waals surface area contributed by atoms with E-state index in [-0.39, 0.29) is 12.2 Å². The number of aromatic nitrogens is 2. The van der Waals surface area contributed by atoms with Crippen LogP contribution in [0.25, 0.3) is 5.65 Å². The van der Waals surface area contributed by atoms with Gasteiger partial charge in [0.15, 0.2) is 0 Å². The molecule has 1 aromatic carbocycles. The summed E-state index contributed by atoms with van der Waals surface area (Å²) in [4.78, 5) is 28.7. The van der Waals surface area contributed by atoms with Gasteiger partial charge in [-0.1, -0.05) is 25.1 Å². The number of carbonyl (C=O) groups is 1. The standard InChI is InChI=1S/C19H18N2O3/c1-3-14-7-9-15(10-8-14)19(23)24-12-16-11-18(22)21-13(2)5-4-6-17(21)20-16/h4-11H,3,12H2,1-2H3. The zero-order chi connectivity index (χ0) is 17.1. The normalized spacial score (nSPS) is 10.8. The molecule has 0 atom stereocenters. The van der Waals surface area contributed by atoms with Crippen molar-refractivity contribution in [3.63, 3.8) is 0 Å². The molecule has 0 amide bonds. The number of benzene rings is 1. The first-order valence-corrected chi connectivity index (χ1v) is 7.83. The van der Waals surface area contributed by atoms with Gasteiger partial charge in [0.2, 0.25) is 0 Å². The maximum absolute atomic E-state index is 12.2. The van der Waals surface area contributed by atoms with E-state index in [0.717, 1.165) is 17.7 Å². The Bertz CT molecular complexity index is 943. The van der Waals surface area contributed by atoms with E-state index in [2.05, 4.69) is 11.9 Å². The average molecular weight is 322 g/mol. The molecule has 5 nitrogen and oxygen atoms in total. The van der Waals surface area contributed by atoms with E-state index in [1.54, 1.807) is 18.2 Å². The van der Waals surface area contributed by atoms with Crippen LogP contribution in [0.3, 0.4) is 0 Å². The number of pyridine rings is 1. The molecule has 0 radical (unpaired) electrons. The van der Waals surface area contributed by atoms with Crippen LogP contribution in [0.1, 0.15) is 34.2 Å². The molecule has 0 bridgehead atoms. The Morgan fingerprint density at radius 2 is 1.92 bits per heavy atom. The largest absolute Gasteiger partial charge is 0.456 e. The van der Waals surface area contributed by atoms with Crippen molar-refractivity contribution in [1.29, 1.82) is 0 Å². The van der Waals surface area contributed by atoms with Gasteiger partial charge >= 0.3 is 5.97 Å². The minimum atomic E-state index is -0.427. The second kappa shape index (κ2) is 6.66.